The molecule has 0 bridgehead atoms. The smallest absolute Gasteiger partial charge is 0.354 e. The summed E-state index contributed by atoms with van der Waals surface area (Å²) in [5.41, 5.74) is 1.17. The average molecular weight is 588 g/mol. The number of methoxy groups -OCH3 is 2. The third-order valence-corrected chi connectivity index (χ3v) is 6.59. The summed E-state index contributed by atoms with van der Waals surface area (Å²) in [4.78, 5) is 37.7. The van der Waals surface area contributed by atoms with Crippen LogP contribution in [0.1, 0.15) is 31.8 Å². The van der Waals surface area contributed by atoms with Gasteiger partial charge in [-0.25, -0.2) is 18.4 Å². The lowest BCUT2D eigenvalue weighted by molar-refractivity contribution is -0.136. The number of esters is 1. The van der Waals surface area contributed by atoms with Crippen molar-refractivity contribution in [3.63, 3.8) is 0 Å². The number of nitrogens with one attached hydrogen (secondary N) is 2. The maximum Gasteiger partial charge on any atom is 0.354 e. The Bertz CT molecular complexity index is 1540. The Morgan fingerprint density at radius 2 is 1.70 bits per heavy atom. The lowest BCUT2D eigenvalue weighted by Crippen LogP contribution is -2.28. The van der Waals surface area contributed by atoms with Gasteiger partial charge in [-0.05, 0) is 59.7 Å². The second-order valence-electron chi connectivity index (χ2n) is 8.19. The van der Waals surface area contributed by atoms with Gasteiger partial charge in [-0.2, -0.15) is 0 Å². The fourth-order valence-corrected chi connectivity index (χ4v) is 4.14. The van der Waals surface area contributed by atoms with Crippen molar-refractivity contribution < 1.29 is 37.0 Å². The largest absolute Gasteiger partial charge is 0.468 e. The highest BCUT2D eigenvalue weighted by Gasteiger charge is 2.19. The number of carbonyl (C=O) groups excluding carboxylic acids is 3. The minimum Gasteiger partial charge on any atom is -0.468 e. The molecule has 0 heterocycles. The van der Waals surface area contributed by atoms with Crippen LogP contribution in [0, 0.1) is 0 Å². The first-order valence-electron chi connectivity index (χ1n) is 11.5. The zero-order valence-corrected chi connectivity index (χ0v) is 23.0. The van der Waals surface area contributed by atoms with Gasteiger partial charge in [-0.1, -0.05) is 35.9 Å². The zero-order valence-electron chi connectivity index (χ0n) is 21.5. The standard InChI is InChI=1S/C27H26ClN3O8S/c1-37-16-39-20-5-3-4-18(12-20)15-30-25(32)19-8-11-22(23(28)14-19)26(33)31-24(27(34)38-2)13-17-6-9-21(10-7-17)40(29,35)36/h3-14H,15-16H2,1-2H3,(H,30,32)(H,31,33)(H2,29,35,36). The van der Waals surface area contributed by atoms with Crippen LogP contribution in [0.2, 0.25) is 5.02 Å². The second-order valence-corrected chi connectivity index (χ2v) is 10.2. The van der Waals surface area contributed by atoms with Gasteiger partial charge in [0, 0.05) is 19.2 Å². The van der Waals surface area contributed by atoms with Crippen LogP contribution in [0.15, 0.2) is 77.3 Å². The first kappa shape index (κ1) is 30.3. The van der Waals surface area contributed by atoms with E-state index in [4.69, 9.17) is 31.0 Å². The third kappa shape index (κ3) is 8.38. The highest BCUT2D eigenvalue weighted by atomic mass is 35.5. The molecule has 0 aliphatic heterocycles. The van der Waals surface area contributed by atoms with Gasteiger partial charge in [0.15, 0.2) is 6.79 Å². The van der Waals surface area contributed by atoms with E-state index in [-0.39, 0.29) is 40.1 Å². The number of primary sulfonamides is 1. The topological polar surface area (TPSA) is 163 Å². The van der Waals surface area contributed by atoms with Crippen LogP contribution in [0.3, 0.4) is 0 Å². The van der Waals surface area contributed by atoms with Gasteiger partial charge < -0.3 is 24.8 Å². The van der Waals surface area contributed by atoms with Crippen molar-refractivity contribution in [2.75, 3.05) is 21.0 Å². The van der Waals surface area contributed by atoms with Crippen LogP contribution >= 0.6 is 11.6 Å². The Kier molecular flexibility index (Phi) is 10.4. The molecule has 4 N–H and O–H groups in total. The maximum absolute atomic E-state index is 12.9. The molecule has 0 radical (unpaired) electrons. The zero-order chi connectivity index (χ0) is 29.3. The Labute approximate surface area is 235 Å². The normalized spacial score (nSPS) is 11.4. The molecule has 0 aromatic heterocycles. The molecule has 0 atom stereocenters. The van der Waals surface area contributed by atoms with Gasteiger partial charge in [0.2, 0.25) is 10.0 Å². The minimum atomic E-state index is -3.90. The first-order chi connectivity index (χ1) is 19.0. The number of hydrogen-bond acceptors (Lipinski definition) is 8. The van der Waals surface area contributed by atoms with E-state index in [1.807, 2.05) is 6.07 Å². The van der Waals surface area contributed by atoms with E-state index in [1.54, 1.807) is 18.2 Å². The molecule has 0 aliphatic rings. The van der Waals surface area contributed by atoms with Crippen LogP contribution in [-0.4, -0.2) is 47.2 Å². The van der Waals surface area contributed by atoms with Crippen molar-refractivity contribution in [3.8, 4) is 5.75 Å². The molecule has 0 saturated heterocycles. The average Bonchev–Trinajstić information content (AvgIpc) is 2.93. The van der Waals surface area contributed by atoms with Crippen LogP contribution < -0.4 is 20.5 Å². The van der Waals surface area contributed by atoms with Crippen molar-refractivity contribution in [2.45, 2.75) is 11.4 Å². The van der Waals surface area contributed by atoms with E-state index in [2.05, 4.69) is 10.6 Å². The SMILES string of the molecule is COCOc1cccc(CNC(=O)c2ccc(C(=O)NC(=Cc3ccc(S(N)(=O)=O)cc3)C(=O)OC)c(Cl)c2)c1. The predicted octanol–water partition coefficient (Wildman–Crippen LogP) is 2.84. The Morgan fingerprint density at radius 3 is 2.33 bits per heavy atom. The highest BCUT2D eigenvalue weighted by molar-refractivity contribution is 7.89. The molecule has 2 amide bonds. The van der Waals surface area contributed by atoms with Gasteiger partial charge in [0.25, 0.3) is 11.8 Å². The molecule has 0 spiro atoms. The van der Waals surface area contributed by atoms with Gasteiger partial charge in [0.1, 0.15) is 11.4 Å². The number of benzene rings is 3. The number of nitrogens with two attached hydrogens (primary N) is 1. The fourth-order valence-electron chi connectivity index (χ4n) is 3.36. The highest BCUT2D eigenvalue weighted by Crippen LogP contribution is 2.20. The number of rotatable bonds is 11. The summed E-state index contributed by atoms with van der Waals surface area (Å²) in [7, 11) is -1.25. The molecule has 11 nitrogen and oxygen atoms in total. The molecule has 3 rings (SSSR count). The van der Waals surface area contributed by atoms with E-state index < -0.39 is 27.8 Å². The Balaban J connectivity index is 1.71. The van der Waals surface area contributed by atoms with E-state index in [0.717, 1.165) is 12.7 Å². The van der Waals surface area contributed by atoms with Gasteiger partial charge in [0.05, 0.1) is 22.6 Å². The van der Waals surface area contributed by atoms with Gasteiger partial charge in [-0.15, -0.1) is 0 Å². The summed E-state index contributed by atoms with van der Waals surface area (Å²) >= 11 is 6.30. The molecule has 0 unspecified atom stereocenters. The number of amides is 2. The van der Waals surface area contributed by atoms with E-state index in [0.29, 0.717) is 11.3 Å². The first-order valence-corrected chi connectivity index (χ1v) is 13.5. The quantitative estimate of drug-likeness (QED) is 0.175. The molecule has 3 aromatic carbocycles. The Hall–Kier alpha value is -4.23. The van der Waals surface area contributed by atoms with Crippen molar-refractivity contribution in [1.82, 2.24) is 10.6 Å². The fraction of sp³-hybridized carbons (Fsp3) is 0.148. The summed E-state index contributed by atoms with van der Waals surface area (Å²) in [5, 5.41) is 10.3. The van der Waals surface area contributed by atoms with Crippen molar-refractivity contribution in [3.05, 3.63) is 99.7 Å². The van der Waals surface area contributed by atoms with Crippen LogP contribution in [0.4, 0.5) is 0 Å². The molecule has 3 aromatic rings. The summed E-state index contributed by atoms with van der Waals surface area (Å²) in [5.74, 6) is -1.42. The number of ether oxygens (including phenoxy) is 3. The van der Waals surface area contributed by atoms with Gasteiger partial charge >= 0.3 is 5.97 Å². The van der Waals surface area contributed by atoms with Crippen molar-refractivity contribution in [1.29, 1.82) is 0 Å². The lowest BCUT2D eigenvalue weighted by Gasteiger charge is -2.11. The minimum absolute atomic E-state index is 0.000542. The summed E-state index contributed by atoms with van der Waals surface area (Å²) in [6.45, 7) is 0.313. The van der Waals surface area contributed by atoms with E-state index in [1.165, 1.54) is 55.7 Å². The monoisotopic (exact) mass is 587 g/mol. The molecule has 0 saturated carbocycles. The van der Waals surface area contributed by atoms with Crippen molar-refractivity contribution >= 4 is 45.5 Å². The molecular formula is C27H26ClN3O8S. The Morgan fingerprint density at radius 1 is 0.975 bits per heavy atom. The van der Waals surface area contributed by atoms with E-state index >= 15 is 0 Å². The molecule has 210 valence electrons. The van der Waals surface area contributed by atoms with Crippen LogP contribution in [-0.2, 0) is 30.8 Å². The maximum atomic E-state index is 12.9. The van der Waals surface area contributed by atoms with E-state index in [9.17, 15) is 22.8 Å². The molecular weight excluding hydrogens is 562 g/mol. The summed E-state index contributed by atoms with van der Waals surface area (Å²) in [6, 6.07) is 16.5. The van der Waals surface area contributed by atoms with Crippen molar-refractivity contribution in [2.24, 2.45) is 5.14 Å². The summed E-state index contributed by atoms with van der Waals surface area (Å²) < 4.78 is 37.9. The number of sulfonamides is 1. The third-order valence-electron chi connectivity index (χ3n) is 5.34. The van der Waals surface area contributed by atoms with Crippen LogP contribution in [0.25, 0.3) is 6.08 Å². The number of hydrogen-bond donors (Lipinski definition) is 3. The lowest BCUT2D eigenvalue weighted by atomic mass is 10.1. The predicted molar refractivity (Wildman–Crippen MR) is 147 cm³/mol. The number of halogens is 1. The molecule has 40 heavy (non-hydrogen) atoms. The molecule has 13 heteroatoms. The summed E-state index contributed by atoms with van der Waals surface area (Å²) in [6.07, 6.45) is 1.29. The van der Waals surface area contributed by atoms with Gasteiger partial charge in [-0.3, -0.25) is 9.59 Å². The molecule has 0 aliphatic carbocycles. The molecule has 0 fully saturated rings. The number of carbonyl (C=O) groups is 3. The van der Waals surface area contributed by atoms with Crippen LogP contribution in [0.5, 0.6) is 5.75 Å². The second kappa shape index (κ2) is 13.7.